The fourth-order valence-electron chi connectivity index (χ4n) is 2.14. The zero-order chi connectivity index (χ0) is 16.5. The van der Waals surface area contributed by atoms with Gasteiger partial charge in [0.05, 0.1) is 5.92 Å². The largest absolute Gasteiger partial charge is 0.481 e. The number of carbonyl (C=O) groups is 2. The standard InChI is InChI=1S/C17H22N2O3/c1-10(16(21)22)9-18-15(20)14-7-11-5-6-12(17(2,3)4)8-13(11)19-14/h5-8,10,19H,9H2,1-4H3,(H,18,20)(H,21,22). The molecule has 2 rings (SSSR count). The molecular formula is C17H22N2O3. The zero-order valence-corrected chi connectivity index (χ0v) is 13.4. The Bertz CT molecular complexity index is 710. The van der Waals surface area contributed by atoms with E-state index in [-0.39, 0.29) is 17.9 Å². The average molecular weight is 302 g/mol. The lowest BCUT2D eigenvalue weighted by Crippen LogP contribution is -2.31. The molecule has 1 aromatic carbocycles. The number of benzene rings is 1. The second-order valence-corrected chi connectivity index (χ2v) is 6.68. The molecule has 1 unspecified atom stereocenters. The van der Waals surface area contributed by atoms with Gasteiger partial charge in [0.2, 0.25) is 0 Å². The molecular weight excluding hydrogens is 280 g/mol. The van der Waals surface area contributed by atoms with E-state index >= 15 is 0 Å². The van der Waals surface area contributed by atoms with Gasteiger partial charge in [0.15, 0.2) is 0 Å². The van der Waals surface area contributed by atoms with E-state index < -0.39 is 11.9 Å². The summed E-state index contributed by atoms with van der Waals surface area (Å²) in [5.74, 6) is -1.82. The van der Waals surface area contributed by atoms with Crippen molar-refractivity contribution in [3.05, 3.63) is 35.5 Å². The van der Waals surface area contributed by atoms with Crippen molar-refractivity contribution in [2.45, 2.75) is 33.1 Å². The monoisotopic (exact) mass is 302 g/mol. The van der Waals surface area contributed by atoms with E-state index in [2.05, 4.69) is 37.1 Å². The first-order valence-corrected chi connectivity index (χ1v) is 7.33. The molecule has 3 N–H and O–H groups in total. The van der Waals surface area contributed by atoms with Crippen LogP contribution in [0.5, 0.6) is 0 Å². The molecule has 0 aliphatic heterocycles. The van der Waals surface area contributed by atoms with Gasteiger partial charge in [-0.15, -0.1) is 0 Å². The molecule has 0 aliphatic carbocycles. The number of fused-ring (bicyclic) bond motifs is 1. The van der Waals surface area contributed by atoms with Crippen molar-refractivity contribution in [3.8, 4) is 0 Å². The summed E-state index contributed by atoms with van der Waals surface area (Å²) in [6, 6.07) is 7.88. The van der Waals surface area contributed by atoms with Crippen LogP contribution in [0.3, 0.4) is 0 Å². The first-order chi connectivity index (χ1) is 10.2. The van der Waals surface area contributed by atoms with Crippen LogP contribution in [0, 0.1) is 5.92 Å². The van der Waals surface area contributed by atoms with E-state index in [1.807, 2.05) is 12.1 Å². The van der Waals surface area contributed by atoms with Crippen LogP contribution in [-0.2, 0) is 10.2 Å². The molecule has 0 spiro atoms. The number of carboxylic acids is 1. The van der Waals surface area contributed by atoms with E-state index in [0.29, 0.717) is 5.69 Å². The first kappa shape index (κ1) is 16.1. The number of aliphatic carboxylic acids is 1. The Hall–Kier alpha value is -2.30. The molecule has 1 amide bonds. The minimum atomic E-state index is -0.924. The highest BCUT2D eigenvalue weighted by Gasteiger charge is 2.17. The third kappa shape index (κ3) is 3.47. The van der Waals surface area contributed by atoms with E-state index in [9.17, 15) is 9.59 Å². The van der Waals surface area contributed by atoms with Crippen LogP contribution >= 0.6 is 0 Å². The second-order valence-electron chi connectivity index (χ2n) is 6.68. The normalized spacial score (nSPS) is 13.1. The van der Waals surface area contributed by atoms with Gasteiger partial charge in [-0.3, -0.25) is 9.59 Å². The number of carbonyl (C=O) groups excluding carboxylic acids is 1. The molecule has 1 heterocycles. The van der Waals surface area contributed by atoms with Crippen molar-refractivity contribution >= 4 is 22.8 Å². The molecule has 118 valence electrons. The molecule has 0 aliphatic rings. The van der Waals surface area contributed by atoms with Crippen molar-refractivity contribution in [2.75, 3.05) is 6.54 Å². The number of nitrogens with one attached hydrogen (secondary N) is 2. The summed E-state index contributed by atoms with van der Waals surface area (Å²) in [5, 5.41) is 12.4. The number of amides is 1. The Kier molecular flexibility index (Phi) is 4.26. The predicted molar refractivity (Wildman–Crippen MR) is 86.1 cm³/mol. The second kappa shape index (κ2) is 5.83. The molecule has 2 aromatic rings. The van der Waals surface area contributed by atoms with Gasteiger partial charge in [0.25, 0.3) is 5.91 Å². The highest BCUT2D eigenvalue weighted by atomic mass is 16.4. The highest BCUT2D eigenvalue weighted by molar-refractivity contribution is 5.98. The summed E-state index contributed by atoms with van der Waals surface area (Å²) in [7, 11) is 0. The molecule has 0 saturated carbocycles. The van der Waals surface area contributed by atoms with Gasteiger partial charge in [-0.25, -0.2) is 0 Å². The van der Waals surface area contributed by atoms with Crippen LogP contribution in [0.2, 0.25) is 0 Å². The van der Waals surface area contributed by atoms with Crippen LogP contribution < -0.4 is 5.32 Å². The van der Waals surface area contributed by atoms with Gasteiger partial charge in [0, 0.05) is 17.4 Å². The Balaban J connectivity index is 2.19. The lowest BCUT2D eigenvalue weighted by molar-refractivity contribution is -0.140. The van der Waals surface area contributed by atoms with Gasteiger partial charge in [0.1, 0.15) is 5.69 Å². The van der Waals surface area contributed by atoms with Crippen LogP contribution in [0.15, 0.2) is 24.3 Å². The quantitative estimate of drug-likeness (QED) is 0.812. The molecule has 1 atom stereocenters. The van der Waals surface area contributed by atoms with Crippen LogP contribution in [0.4, 0.5) is 0 Å². The molecule has 0 fully saturated rings. The number of aromatic amines is 1. The minimum absolute atomic E-state index is 0.0403. The fourth-order valence-corrected chi connectivity index (χ4v) is 2.14. The molecule has 0 saturated heterocycles. The maximum atomic E-state index is 12.1. The summed E-state index contributed by atoms with van der Waals surface area (Å²) in [6.45, 7) is 8.08. The lowest BCUT2D eigenvalue weighted by atomic mass is 9.87. The third-order valence-corrected chi connectivity index (χ3v) is 3.72. The summed E-state index contributed by atoms with van der Waals surface area (Å²) >= 11 is 0. The number of rotatable bonds is 4. The van der Waals surface area contributed by atoms with Crippen molar-refractivity contribution in [1.29, 1.82) is 0 Å². The number of hydrogen-bond acceptors (Lipinski definition) is 2. The average Bonchev–Trinajstić information content (AvgIpc) is 2.86. The molecule has 1 aromatic heterocycles. The maximum Gasteiger partial charge on any atom is 0.308 e. The van der Waals surface area contributed by atoms with E-state index in [4.69, 9.17) is 5.11 Å². The lowest BCUT2D eigenvalue weighted by Gasteiger charge is -2.18. The van der Waals surface area contributed by atoms with Gasteiger partial charge < -0.3 is 15.4 Å². The summed E-state index contributed by atoms with van der Waals surface area (Å²) in [4.78, 5) is 26.0. The topological polar surface area (TPSA) is 82.2 Å². The van der Waals surface area contributed by atoms with E-state index in [1.165, 1.54) is 5.56 Å². The number of hydrogen-bond donors (Lipinski definition) is 3. The van der Waals surface area contributed by atoms with Gasteiger partial charge >= 0.3 is 5.97 Å². The summed E-state index contributed by atoms with van der Waals surface area (Å²) in [5.41, 5.74) is 2.58. The molecule has 5 heteroatoms. The zero-order valence-electron chi connectivity index (χ0n) is 13.4. The summed E-state index contributed by atoms with van der Waals surface area (Å²) in [6.07, 6.45) is 0. The van der Waals surface area contributed by atoms with Crippen molar-refractivity contribution < 1.29 is 14.7 Å². The number of H-pyrrole nitrogens is 1. The van der Waals surface area contributed by atoms with Crippen molar-refractivity contribution in [2.24, 2.45) is 5.92 Å². The Morgan fingerprint density at radius 3 is 2.55 bits per heavy atom. The number of carboxylic acid groups (broad SMARTS) is 1. The number of aromatic nitrogens is 1. The van der Waals surface area contributed by atoms with Crippen LogP contribution in [-0.4, -0.2) is 28.5 Å². The Morgan fingerprint density at radius 1 is 1.27 bits per heavy atom. The Morgan fingerprint density at radius 2 is 1.95 bits per heavy atom. The first-order valence-electron chi connectivity index (χ1n) is 7.33. The summed E-state index contributed by atoms with van der Waals surface area (Å²) < 4.78 is 0. The van der Waals surface area contributed by atoms with Crippen LogP contribution in [0.1, 0.15) is 43.7 Å². The van der Waals surface area contributed by atoms with Gasteiger partial charge in [-0.1, -0.05) is 39.8 Å². The predicted octanol–water partition coefficient (Wildman–Crippen LogP) is 2.92. The Labute approximate surface area is 129 Å². The highest BCUT2D eigenvalue weighted by Crippen LogP contribution is 2.26. The van der Waals surface area contributed by atoms with Gasteiger partial charge in [-0.05, 0) is 23.1 Å². The molecule has 0 bridgehead atoms. The SMILES string of the molecule is CC(CNC(=O)c1cc2ccc(C(C)(C)C)cc2[nH]1)C(=O)O. The van der Waals surface area contributed by atoms with Gasteiger partial charge in [-0.2, -0.15) is 0 Å². The van der Waals surface area contributed by atoms with E-state index in [1.54, 1.807) is 13.0 Å². The maximum absolute atomic E-state index is 12.1. The van der Waals surface area contributed by atoms with Crippen LogP contribution in [0.25, 0.3) is 10.9 Å². The molecule has 5 nitrogen and oxygen atoms in total. The third-order valence-electron chi connectivity index (χ3n) is 3.72. The van der Waals surface area contributed by atoms with Crippen molar-refractivity contribution in [1.82, 2.24) is 10.3 Å². The molecule has 22 heavy (non-hydrogen) atoms. The van der Waals surface area contributed by atoms with E-state index in [0.717, 1.165) is 10.9 Å². The van der Waals surface area contributed by atoms with Crippen molar-refractivity contribution in [3.63, 3.8) is 0 Å². The molecule has 0 radical (unpaired) electrons. The minimum Gasteiger partial charge on any atom is -0.481 e. The smallest absolute Gasteiger partial charge is 0.308 e. The fraction of sp³-hybridized carbons (Fsp3) is 0.412.